The van der Waals surface area contributed by atoms with Crippen LogP contribution in [-0.2, 0) is 6.42 Å². The lowest BCUT2D eigenvalue weighted by Crippen LogP contribution is -1.92. The first-order chi connectivity index (χ1) is 8.33. The van der Waals surface area contributed by atoms with Crippen molar-refractivity contribution in [1.29, 1.82) is 0 Å². The van der Waals surface area contributed by atoms with E-state index in [2.05, 4.69) is 56.3 Å². The van der Waals surface area contributed by atoms with Crippen molar-refractivity contribution in [1.82, 2.24) is 0 Å². The molecule has 0 saturated heterocycles. The van der Waals surface area contributed by atoms with Crippen LogP contribution < -0.4 is 0 Å². The normalized spacial score (nSPS) is 10.5. The van der Waals surface area contributed by atoms with E-state index < -0.39 is 0 Å². The Morgan fingerprint density at radius 2 is 1.76 bits per heavy atom. The molecule has 0 atom stereocenters. The lowest BCUT2D eigenvalue weighted by molar-refractivity contribution is 0.795. The summed E-state index contributed by atoms with van der Waals surface area (Å²) in [5, 5.41) is 0. The summed E-state index contributed by atoms with van der Waals surface area (Å²) in [6, 6.07) is 18.3. The van der Waals surface area contributed by atoms with Gasteiger partial charge in [0.05, 0.1) is 0 Å². The third kappa shape index (κ3) is 2.76. The molecule has 0 N–H and O–H groups in total. The van der Waals surface area contributed by atoms with Gasteiger partial charge in [0.1, 0.15) is 0 Å². The van der Waals surface area contributed by atoms with Gasteiger partial charge in [-0.25, -0.2) is 0 Å². The van der Waals surface area contributed by atoms with E-state index in [1.54, 1.807) is 0 Å². The fourth-order valence-electron chi connectivity index (χ4n) is 2.16. The van der Waals surface area contributed by atoms with Crippen molar-refractivity contribution >= 4 is 0 Å². The van der Waals surface area contributed by atoms with Crippen molar-refractivity contribution in [3.8, 4) is 11.1 Å². The third-order valence-electron chi connectivity index (χ3n) is 3.16. The molecule has 0 heteroatoms. The summed E-state index contributed by atoms with van der Waals surface area (Å²) in [6.45, 7) is 4.41. The van der Waals surface area contributed by atoms with Gasteiger partial charge in [-0.2, -0.15) is 0 Å². The van der Waals surface area contributed by atoms with E-state index in [1.807, 2.05) is 6.07 Å². The van der Waals surface area contributed by atoms with Gasteiger partial charge in [0, 0.05) is 0 Å². The van der Waals surface area contributed by atoms with Crippen LogP contribution in [0.1, 0.15) is 30.9 Å². The number of benzene rings is 2. The first-order valence-corrected chi connectivity index (χ1v) is 6.38. The lowest BCUT2D eigenvalue weighted by atomic mass is 9.93. The van der Waals surface area contributed by atoms with E-state index in [-0.39, 0.29) is 0 Å². The Morgan fingerprint density at radius 3 is 2.53 bits per heavy atom. The fourth-order valence-corrected chi connectivity index (χ4v) is 2.16. The molecule has 1 radical (unpaired) electrons. The van der Waals surface area contributed by atoms with Crippen LogP contribution >= 0.6 is 0 Å². The van der Waals surface area contributed by atoms with Crippen molar-refractivity contribution in [3.63, 3.8) is 0 Å². The minimum atomic E-state index is 1.13. The molecule has 0 spiro atoms. The molecule has 0 aliphatic heterocycles. The van der Waals surface area contributed by atoms with Crippen LogP contribution in [0.3, 0.4) is 0 Å². The molecule has 17 heavy (non-hydrogen) atoms. The van der Waals surface area contributed by atoms with Gasteiger partial charge in [-0.15, -0.1) is 0 Å². The summed E-state index contributed by atoms with van der Waals surface area (Å²) < 4.78 is 0. The van der Waals surface area contributed by atoms with Gasteiger partial charge in [0.25, 0.3) is 0 Å². The summed E-state index contributed by atoms with van der Waals surface area (Å²) in [4.78, 5) is 0. The van der Waals surface area contributed by atoms with Crippen molar-refractivity contribution < 1.29 is 0 Å². The predicted molar refractivity (Wildman–Crippen MR) is 74.1 cm³/mol. The summed E-state index contributed by atoms with van der Waals surface area (Å²) in [7, 11) is 0. The zero-order chi connectivity index (χ0) is 12.1. The molecule has 2 aromatic carbocycles. The lowest BCUT2D eigenvalue weighted by Gasteiger charge is -2.11. The number of unbranched alkanes of at least 4 members (excludes halogenated alkanes) is 1. The summed E-state index contributed by atoms with van der Waals surface area (Å²) in [5.74, 6) is 0. The highest BCUT2D eigenvalue weighted by molar-refractivity contribution is 5.70. The van der Waals surface area contributed by atoms with Crippen molar-refractivity contribution in [2.24, 2.45) is 0 Å². The summed E-state index contributed by atoms with van der Waals surface area (Å²) in [6.07, 6.45) is 3.59. The van der Waals surface area contributed by atoms with Crippen LogP contribution in [0.4, 0.5) is 0 Å². The quantitative estimate of drug-likeness (QED) is 0.698. The average molecular weight is 223 g/mol. The van der Waals surface area contributed by atoms with Gasteiger partial charge in [0.2, 0.25) is 0 Å². The Hall–Kier alpha value is -1.56. The van der Waals surface area contributed by atoms with E-state index >= 15 is 0 Å². The van der Waals surface area contributed by atoms with Gasteiger partial charge >= 0.3 is 0 Å². The highest BCUT2D eigenvalue weighted by atomic mass is 14.1. The van der Waals surface area contributed by atoms with Crippen LogP contribution in [-0.4, -0.2) is 0 Å². The predicted octanol–water partition coefficient (Wildman–Crippen LogP) is 4.80. The standard InChI is InChI=1S/C17H19/c1-3-4-10-15-11-6-8-13-17(15)16-12-7-5-9-14(16)2/h5-9,12-13H,3-4,10H2,1-2H3. The van der Waals surface area contributed by atoms with Gasteiger partial charge in [0.15, 0.2) is 0 Å². The Kier molecular flexibility index (Phi) is 3.98. The monoisotopic (exact) mass is 223 g/mol. The van der Waals surface area contributed by atoms with Crippen LogP contribution in [0.25, 0.3) is 11.1 Å². The molecule has 0 nitrogen and oxygen atoms in total. The smallest absolute Gasteiger partial charge is 0.0143 e. The Bertz CT molecular complexity index is 483. The van der Waals surface area contributed by atoms with Crippen LogP contribution in [0.15, 0.2) is 42.5 Å². The second-order valence-electron chi connectivity index (χ2n) is 4.48. The molecule has 0 aliphatic carbocycles. The number of rotatable bonds is 4. The second kappa shape index (κ2) is 5.67. The fraction of sp³-hybridized carbons (Fsp3) is 0.294. The van der Waals surface area contributed by atoms with E-state index in [0.717, 1.165) is 6.42 Å². The highest BCUT2D eigenvalue weighted by Gasteiger charge is 2.06. The Labute approximate surface area is 104 Å². The molecule has 0 heterocycles. The molecule has 87 valence electrons. The zero-order valence-electron chi connectivity index (χ0n) is 10.7. The molecular weight excluding hydrogens is 204 g/mol. The molecule has 0 amide bonds. The Morgan fingerprint density at radius 1 is 1.00 bits per heavy atom. The second-order valence-corrected chi connectivity index (χ2v) is 4.48. The molecule has 0 bridgehead atoms. The summed E-state index contributed by atoms with van der Waals surface area (Å²) in [5.41, 5.74) is 5.38. The molecule has 0 fully saturated rings. The highest BCUT2D eigenvalue weighted by Crippen LogP contribution is 2.27. The molecule has 2 rings (SSSR count). The molecule has 0 saturated carbocycles. The SMILES string of the molecule is CCCCc1[c]cccc1-c1ccccc1C. The molecule has 0 aliphatic rings. The third-order valence-corrected chi connectivity index (χ3v) is 3.16. The van der Waals surface area contributed by atoms with Gasteiger partial charge in [-0.05, 0) is 48.1 Å². The van der Waals surface area contributed by atoms with Gasteiger partial charge in [-0.3, -0.25) is 0 Å². The van der Waals surface area contributed by atoms with Gasteiger partial charge in [-0.1, -0.05) is 55.8 Å². The largest absolute Gasteiger partial charge is 0.0654 e. The van der Waals surface area contributed by atoms with Gasteiger partial charge < -0.3 is 0 Å². The number of aryl methyl sites for hydroxylation is 2. The average Bonchev–Trinajstić information content (AvgIpc) is 2.37. The van der Waals surface area contributed by atoms with E-state index in [0.29, 0.717) is 0 Å². The van der Waals surface area contributed by atoms with E-state index in [4.69, 9.17) is 0 Å². The summed E-state index contributed by atoms with van der Waals surface area (Å²) >= 11 is 0. The Balaban J connectivity index is 2.41. The van der Waals surface area contributed by atoms with E-state index in [1.165, 1.54) is 35.1 Å². The number of hydrogen-bond donors (Lipinski definition) is 0. The van der Waals surface area contributed by atoms with Crippen LogP contribution in [0.5, 0.6) is 0 Å². The topological polar surface area (TPSA) is 0 Å². The first kappa shape index (κ1) is 11.9. The molecule has 2 aromatic rings. The molecule has 0 aromatic heterocycles. The number of hydrogen-bond acceptors (Lipinski definition) is 0. The minimum absolute atomic E-state index is 1.13. The van der Waals surface area contributed by atoms with Crippen molar-refractivity contribution in [2.45, 2.75) is 33.1 Å². The maximum absolute atomic E-state index is 3.40. The van der Waals surface area contributed by atoms with E-state index in [9.17, 15) is 0 Å². The van der Waals surface area contributed by atoms with Crippen molar-refractivity contribution in [3.05, 3.63) is 59.7 Å². The maximum Gasteiger partial charge on any atom is -0.0143 e. The first-order valence-electron chi connectivity index (χ1n) is 6.38. The molecule has 0 unspecified atom stereocenters. The van der Waals surface area contributed by atoms with Crippen molar-refractivity contribution in [2.75, 3.05) is 0 Å². The zero-order valence-corrected chi connectivity index (χ0v) is 10.7. The maximum atomic E-state index is 3.40. The van der Waals surface area contributed by atoms with Crippen LogP contribution in [0.2, 0.25) is 0 Å². The van der Waals surface area contributed by atoms with Crippen LogP contribution in [0, 0.1) is 13.0 Å². The molecular formula is C17H19. The minimum Gasteiger partial charge on any atom is -0.0654 e.